The molecule has 0 aromatic heterocycles. The largest absolute Gasteiger partial charge is 0.496 e. The van der Waals surface area contributed by atoms with Crippen LogP contribution < -0.4 is 10.5 Å². The summed E-state index contributed by atoms with van der Waals surface area (Å²) in [6.07, 6.45) is 0.179. The van der Waals surface area contributed by atoms with E-state index in [9.17, 15) is 0 Å². The highest BCUT2D eigenvalue weighted by atomic mass is 32.1. The number of nitrogens with two attached hydrogens (primary N) is 1. The summed E-state index contributed by atoms with van der Waals surface area (Å²) in [5, 5.41) is 0. The Hall–Kier alpha value is -1.13. The third-order valence-electron chi connectivity index (χ3n) is 2.14. The molecule has 0 unspecified atom stereocenters. The van der Waals surface area contributed by atoms with Gasteiger partial charge in [0.15, 0.2) is 0 Å². The third-order valence-corrected chi connectivity index (χ3v) is 2.37. The summed E-state index contributed by atoms with van der Waals surface area (Å²) in [7, 11) is 1.63. The number of benzene rings is 1. The fraction of sp³-hybridized carbons (Fsp3) is 0.417. The molecule has 1 rings (SSSR count). The highest BCUT2D eigenvalue weighted by molar-refractivity contribution is 7.80. The van der Waals surface area contributed by atoms with E-state index >= 15 is 0 Å². The topological polar surface area (TPSA) is 44.5 Å². The minimum atomic E-state index is 0.179. The van der Waals surface area contributed by atoms with Crippen LogP contribution in [0.4, 0.5) is 0 Å². The Bertz CT molecular complexity index is 377. The molecule has 0 aliphatic rings. The van der Waals surface area contributed by atoms with Gasteiger partial charge in [-0.1, -0.05) is 12.2 Å². The Kier molecular flexibility index (Phi) is 4.71. The van der Waals surface area contributed by atoms with Crippen molar-refractivity contribution in [2.45, 2.75) is 26.6 Å². The van der Waals surface area contributed by atoms with Gasteiger partial charge in [-0.25, -0.2) is 0 Å². The van der Waals surface area contributed by atoms with Crippen LogP contribution in [0.3, 0.4) is 0 Å². The molecule has 2 N–H and O–H groups in total. The highest BCUT2D eigenvalue weighted by Crippen LogP contribution is 2.21. The van der Waals surface area contributed by atoms with Crippen molar-refractivity contribution >= 4 is 17.2 Å². The van der Waals surface area contributed by atoms with Gasteiger partial charge in [0, 0.05) is 11.1 Å². The summed E-state index contributed by atoms with van der Waals surface area (Å²) >= 11 is 4.93. The van der Waals surface area contributed by atoms with Gasteiger partial charge in [-0.15, -0.1) is 0 Å². The normalized spacial score (nSPS) is 10.5. The van der Waals surface area contributed by atoms with Crippen LogP contribution in [-0.4, -0.2) is 18.2 Å². The second-order valence-electron chi connectivity index (χ2n) is 3.75. The summed E-state index contributed by atoms with van der Waals surface area (Å²) in [6, 6.07) is 5.61. The average molecular weight is 239 g/mol. The molecule has 3 nitrogen and oxygen atoms in total. The van der Waals surface area contributed by atoms with Gasteiger partial charge in [-0.05, 0) is 32.0 Å². The van der Waals surface area contributed by atoms with Crippen LogP contribution in [0.25, 0.3) is 0 Å². The second kappa shape index (κ2) is 5.82. The van der Waals surface area contributed by atoms with Crippen molar-refractivity contribution in [1.29, 1.82) is 0 Å². The van der Waals surface area contributed by atoms with Crippen molar-refractivity contribution in [3.63, 3.8) is 0 Å². The number of methoxy groups -OCH3 is 1. The number of thiocarbonyl (C=S) groups is 1. The van der Waals surface area contributed by atoms with E-state index in [2.05, 4.69) is 0 Å². The van der Waals surface area contributed by atoms with E-state index in [4.69, 9.17) is 27.4 Å². The standard InChI is InChI=1S/C12H17NO2S/c1-8(2)15-7-10-6-9(12(13)16)4-5-11(10)14-3/h4-6,8H,7H2,1-3H3,(H2,13,16). The summed E-state index contributed by atoms with van der Waals surface area (Å²) in [5.41, 5.74) is 7.37. The van der Waals surface area contributed by atoms with Crippen molar-refractivity contribution in [1.82, 2.24) is 0 Å². The van der Waals surface area contributed by atoms with Crippen LogP contribution in [0, 0.1) is 0 Å². The number of hydrogen-bond donors (Lipinski definition) is 1. The maximum Gasteiger partial charge on any atom is 0.124 e. The maximum absolute atomic E-state index is 5.58. The Morgan fingerprint density at radius 1 is 1.44 bits per heavy atom. The zero-order chi connectivity index (χ0) is 12.1. The molecule has 0 spiro atoms. The lowest BCUT2D eigenvalue weighted by molar-refractivity contribution is 0.0644. The van der Waals surface area contributed by atoms with E-state index in [0.29, 0.717) is 11.6 Å². The summed E-state index contributed by atoms with van der Waals surface area (Å²) < 4.78 is 10.8. The van der Waals surface area contributed by atoms with Crippen molar-refractivity contribution in [3.8, 4) is 5.75 Å². The highest BCUT2D eigenvalue weighted by Gasteiger charge is 2.07. The quantitative estimate of drug-likeness (QED) is 0.800. The Morgan fingerprint density at radius 3 is 2.62 bits per heavy atom. The molecule has 0 bridgehead atoms. The lowest BCUT2D eigenvalue weighted by Gasteiger charge is -2.12. The molecule has 0 saturated heterocycles. The van der Waals surface area contributed by atoms with Crippen molar-refractivity contribution < 1.29 is 9.47 Å². The minimum absolute atomic E-state index is 0.179. The van der Waals surface area contributed by atoms with E-state index in [0.717, 1.165) is 16.9 Å². The SMILES string of the molecule is COc1ccc(C(N)=S)cc1COC(C)C. The van der Waals surface area contributed by atoms with Gasteiger partial charge in [0.1, 0.15) is 10.7 Å². The molecule has 4 heteroatoms. The van der Waals surface area contributed by atoms with Gasteiger partial charge in [-0.3, -0.25) is 0 Å². The predicted molar refractivity (Wildman–Crippen MR) is 68.8 cm³/mol. The average Bonchev–Trinajstić information content (AvgIpc) is 2.25. The molecule has 0 fully saturated rings. The molecule has 88 valence electrons. The van der Waals surface area contributed by atoms with Crippen LogP contribution in [0.1, 0.15) is 25.0 Å². The molecule has 16 heavy (non-hydrogen) atoms. The zero-order valence-electron chi connectivity index (χ0n) is 9.82. The lowest BCUT2D eigenvalue weighted by atomic mass is 10.1. The van der Waals surface area contributed by atoms with Gasteiger partial charge >= 0.3 is 0 Å². The van der Waals surface area contributed by atoms with Crippen LogP contribution in [0.5, 0.6) is 5.75 Å². The first-order valence-corrected chi connectivity index (χ1v) is 5.53. The fourth-order valence-corrected chi connectivity index (χ4v) is 1.43. The third kappa shape index (κ3) is 3.47. The van der Waals surface area contributed by atoms with E-state index in [-0.39, 0.29) is 6.10 Å². The second-order valence-corrected chi connectivity index (χ2v) is 4.19. The predicted octanol–water partition coefficient (Wildman–Crippen LogP) is 2.25. The zero-order valence-corrected chi connectivity index (χ0v) is 10.6. The molecule has 0 amide bonds. The van der Waals surface area contributed by atoms with Gasteiger partial charge in [0.05, 0.1) is 19.8 Å². The Morgan fingerprint density at radius 2 is 2.12 bits per heavy atom. The maximum atomic E-state index is 5.58. The first kappa shape index (κ1) is 12.9. The van der Waals surface area contributed by atoms with Gasteiger partial charge in [0.2, 0.25) is 0 Å². The van der Waals surface area contributed by atoms with Crippen molar-refractivity contribution in [2.75, 3.05) is 7.11 Å². The van der Waals surface area contributed by atoms with Crippen molar-refractivity contribution in [3.05, 3.63) is 29.3 Å². The molecule has 0 heterocycles. The molecular formula is C12H17NO2S. The molecule has 0 aliphatic heterocycles. The molecule has 0 atom stereocenters. The number of rotatable bonds is 5. The van der Waals surface area contributed by atoms with Gasteiger partial charge < -0.3 is 15.2 Å². The number of ether oxygens (including phenoxy) is 2. The summed E-state index contributed by atoms with van der Waals surface area (Å²) in [4.78, 5) is 0.383. The summed E-state index contributed by atoms with van der Waals surface area (Å²) in [5.74, 6) is 0.792. The molecular weight excluding hydrogens is 222 g/mol. The summed E-state index contributed by atoms with van der Waals surface area (Å²) in [6.45, 7) is 4.48. The molecule has 0 radical (unpaired) electrons. The lowest BCUT2D eigenvalue weighted by Crippen LogP contribution is -2.11. The minimum Gasteiger partial charge on any atom is -0.496 e. The van der Waals surface area contributed by atoms with Gasteiger partial charge in [-0.2, -0.15) is 0 Å². The smallest absolute Gasteiger partial charge is 0.124 e. The monoisotopic (exact) mass is 239 g/mol. The number of hydrogen-bond acceptors (Lipinski definition) is 3. The fourth-order valence-electron chi connectivity index (χ4n) is 1.30. The van der Waals surface area contributed by atoms with Crippen LogP contribution >= 0.6 is 12.2 Å². The first-order valence-electron chi connectivity index (χ1n) is 5.13. The molecule has 1 aromatic carbocycles. The Labute approximate surface area is 102 Å². The van der Waals surface area contributed by atoms with E-state index < -0.39 is 0 Å². The molecule has 1 aromatic rings. The Balaban J connectivity index is 2.93. The van der Waals surface area contributed by atoms with E-state index in [1.807, 2.05) is 32.0 Å². The van der Waals surface area contributed by atoms with Crippen molar-refractivity contribution in [2.24, 2.45) is 5.73 Å². The van der Waals surface area contributed by atoms with Crippen LogP contribution in [0.2, 0.25) is 0 Å². The van der Waals surface area contributed by atoms with E-state index in [1.54, 1.807) is 7.11 Å². The van der Waals surface area contributed by atoms with Crippen LogP contribution in [-0.2, 0) is 11.3 Å². The van der Waals surface area contributed by atoms with Gasteiger partial charge in [0.25, 0.3) is 0 Å². The first-order chi connectivity index (χ1) is 7.54. The van der Waals surface area contributed by atoms with E-state index in [1.165, 1.54) is 0 Å². The van der Waals surface area contributed by atoms with Crippen LogP contribution in [0.15, 0.2) is 18.2 Å². The molecule has 0 aliphatic carbocycles. The molecule has 0 saturated carbocycles.